The Balaban J connectivity index is 1.80. The number of benzene rings is 1. The van der Waals surface area contributed by atoms with Crippen LogP contribution in [0.25, 0.3) is 10.4 Å². The molecule has 0 saturated carbocycles. The molecule has 1 aromatic heterocycles. The van der Waals surface area contributed by atoms with E-state index in [-0.39, 0.29) is 12.8 Å². The predicted octanol–water partition coefficient (Wildman–Crippen LogP) is 4.11. The average Bonchev–Trinajstić information content (AvgIpc) is 3.10. The second-order valence-electron chi connectivity index (χ2n) is 6.11. The Labute approximate surface area is 148 Å². The molecule has 1 aliphatic heterocycles. The van der Waals surface area contributed by atoms with E-state index in [2.05, 4.69) is 0 Å². The summed E-state index contributed by atoms with van der Waals surface area (Å²) in [5, 5.41) is 10.8. The van der Waals surface area contributed by atoms with Gasteiger partial charge in [0.1, 0.15) is 5.75 Å². The van der Waals surface area contributed by atoms with Crippen LogP contribution in [0.4, 0.5) is 8.78 Å². The van der Waals surface area contributed by atoms with Gasteiger partial charge in [-0.2, -0.15) is 0 Å². The van der Waals surface area contributed by atoms with Crippen LogP contribution in [0.1, 0.15) is 18.4 Å². The zero-order valence-electron chi connectivity index (χ0n) is 13.6. The maximum atomic E-state index is 13.3. The highest BCUT2D eigenvalue weighted by molar-refractivity contribution is 7.13. The van der Waals surface area contributed by atoms with E-state index in [0.29, 0.717) is 25.4 Å². The SMILES string of the molecule is O=C(O)COc1ccc(-c2cccs2)cc1CN1CCC(F)(F)CC1. The average molecular weight is 367 g/mol. The fraction of sp³-hybridized carbons (Fsp3) is 0.389. The number of carbonyl (C=O) groups is 1. The number of piperidine rings is 1. The fourth-order valence-electron chi connectivity index (χ4n) is 2.86. The molecule has 2 aromatic rings. The number of hydrogen-bond donors (Lipinski definition) is 1. The molecular formula is C18H19F2NO3S. The van der Waals surface area contributed by atoms with E-state index >= 15 is 0 Å². The van der Waals surface area contributed by atoms with E-state index in [1.54, 1.807) is 17.4 Å². The van der Waals surface area contributed by atoms with Crippen molar-refractivity contribution < 1.29 is 23.4 Å². The second-order valence-corrected chi connectivity index (χ2v) is 7.06. The van der Waals surface area contributed by atoms with Gasteiger partial charge in [0.15, 0.2) is 6.61 Å². The molecule has 0 bridgehead atoms. The highest BCUT2D eigenvalue weighted by atomic mass is 32.1. The molecule has 0 spiro atoms. The van der Waals surface area contributed by atoms with Crippen molar-refractivity contribution in [2.24, 2.45) is 0 Å². The Kier molecular flexibility index (Phi) is 5.34. The lowest BCUT2D eigenvalue weighted by Gasteiger charge is -2.32. The molecule has 1 saturated heterocycles. The van der Waals surface area contributed by atoms with Gasteiger partial charge in [-0.1, -0.05) is 6.07 Å². The summed E-state index contributed by atoms with van der Waals surface area (Å²) < 4.78 is 32.1. The molecule has 0 radical (unpaired) electrons. The van der Waals surface area contributed by atoms with Gasteiger partial charge in [-0.3, -0.25) is 4.90 Å². The van der Waals surface area contributed by atoms with E-state index in [0.717, 1.165) is 16.0 Å². The standard InChI is InChI=1S/C18H19F2NO3S/c19-18(20)5-7-21(8-6-18)11-14-10-13(16-2-1-9-25-16)3-4-15(14)24-12-17(22)23/h1-4,9-10H,5-8,11-12H2,(H,22,23). The zero-order chi connectivity index (χ0) is 17.9. The molecule has 4 nitrogen and oxygen atoms in total. The van der Waals surface area contributed by atoms with Gasteiger partial charge in [-0.15, -0.1) is 11.3 Å². The van der Waals surface area contributed by atoms with Crippen molar-refractivity contribution in [2.45, 2.75) is 25.3 Å². The Hall–Kier alpha value is -1.99. The molecule has 0 unspecified atom stereocenters. The fourth-order valence-corrected chi connectivity index (χ4v) is 3.58. The lowest BCUT2D eigenvalue weighted by Crippen LogP contribution is -2.38. The van der Waals surface area contributed by atoms with E-state index in [1.165, 1.54) is 0 Å². The third-order valence-corrected chi connectivity index (χ3v) is 5.12. The first kappa shape index (κ1) is 17.8. The minimum Gasteiger partial charge on any atom is -0.482 e. The molecule has 0 atom stereocenters. The van der Waals surface area contributed by atoms with Crippen LogP contribution in [0.5, 0.6) is 5.75 Å². The zero-order valence-corrected chi connectivity index (χ0v) is 14.4. The number of ether oxygens (including phenoxy) is 1. The van der Waals surface area contributed by atoms with Gasteiger partial charge < -0.3 is 9.84 Å². The van der Waals surface area contributed by atoms with Crippen LogP contribution in [0.2, 0.25) is 0 Å². The number of carboxylic acids is 1. The molecule has 1 aliphatic rings. The lowest BCUT2D eigenvalue weighted by molar-refractivity contribution is -0.139. The smallest absolute Gasteiger partial charge is 0.341 e. The predicted molar refractivity (Wildman–Crippen MR) is 92.3 cm³/mol. The van der Waals surface area contributed by atoms with Crippen molar-refractivity contribution in [3.8, 4) is 16.2 Å². The highest BCUT2D eigenvalue weighted by Gasteiger charge is 2.34. The van der Waals surface area contributed by atoms with Gasteiger partial charge in [0.05, 0.1) is 0 Å². The number of halogens is 2. The third kappa shape index (κ3) is 4.76. The van der Waals surface area contributed by atoms with Crippen LogP contribution < -0.4 is 4.74 Å². The summed E-state index contributed by atoms with van der Waals surface area (Å²) in [7, 11) is 0. The van der Waals surface area contributed by atoms with E-state index in [1.807, 2.05) is 34.5 Å². The van der Waals surface area contributed by atoms with Crippen molar-refractivity contribution in [3.63, 3.8) is 0 Å². The van der Waals surface area contributed by atoms with E-state index in [9.17, 15) is 13.6 Å². The number of carboxylic acid groups (broad SMARTS) is 1. The summed E-state index contributed by atoms with van der Waals surface area (Å²) in [5.74, 6) is -3.15. The van der Waals surface area contributed by atoms with Gasteiger partial charge in [0.25, 0.3) is 5.92 Å². The topological polar surface area (TPSA) is 49.8 Å². The number of aliphatic carboxylic acids is 1. The van der Waals surface area contributed by atoms with Crippen molar-refractivity contribution in [1.82, 2.24) is 4.90 Å². The molecule has 1 N–H and O–H groups in total. The molecule has 1 fully saturated rings. The Morgan fingerprint density at radius 1 is 1.28 bits per heavy atom. The Bertz CT molecular complexity index is 724. The van der Waals surface area contributed by atoms with Gasteiger partial charge >= 0.3 is 5.97 Å². The van der Waals surface area contributed by atoms with Crippen LogP contribution in [0.15, 0.2) is 35.7 Å². The van der Waals surface area contributed by atoms with Gasteiger partial charge in [-0.05, 0) is 35.2 Å². The summed E-state index contributed by atoms with van der Waals surface area (Å²) in [6.45, 7) is 0.664. The molecule has 0 amide bonds. The molecule has 25 heavy (non-hydrogen) atoms. The van der Waals surface area contributed by atoms with Crippen LogP contribution >= 0.6 is 11.3 Å². The van der Waals surface area contributed by atoms with Crippen molar-refractivity contribution in [3.05, 3.63) is 41.3 Å². The first-order chi connectivity index (χ1) is 11.9. The molecule has 1 aromatic carbocycles. The van der Waals surface area contributed by atoms with Crippen molar-refractivity contribution in [2.75, 3.05) is 19.7 Å². The van der Waals surface area contributed by atoms with E-state index < -0.39 is 18.5 Å². The lowest BCUT2D eigenvalue weighted by atomic mass is 10.0. The Morgan fingerprint density at radius 2 is 2.04 bits per heavy atom. The van der Waals surface area contributed by atoms with Gasteiger partial charge in [0, 0.05) is 42.9 Å². The first-order valence-electron chi connectivity index (χ1n) is 8.04. The maximum Gasteiger partial charge on any atom is 0.341 e. The van der Waals surface area contributed by atoms with Gasteiger partial charge in [0.2, 0.25) is 0 Å². The summed E-state index contributed by atoms with van der Waals surface area (Å²) >= 11 is 1.61. The summed E-state index contributed by atoms with van der Waals surface area (Å²) in [4.78, 5) is 13.8. The molecular weight excluding hydrogens is 348 g/mol. The quantitative estimate of drug-likeness (QED) is 0.835. The van der Waals surface area contributed by atoms with Crippen LogP contribution in [-0.2, 0) is 11.3 Å². The molecule has 7 heteroatoms. The summed E-state index contributed by atoms with van der Waals surface area (Å²) in [5.41, 5.74) is 1.83. The first-order valence-corrected chi connectivity index (χ1v) is 8.92. The minimum absolute atomic E-state index is 0.150. The Morgan fingerprint density at radius 3 is 2.68 bits per heavy atom. The number of likely N-dealkylation sites (tertiary alicyclic amines) is 1. The minimum atomic E-state index is -2.59. The number of nitrogens with zero attached hydrogens (tertiary/aromatic N) is 1. The normalized spacial score (nSPS) is 17.4. The van der Waals surface area contributed by atoms with Crippen LogP contribution in [0.3, 0.4) is 0 Å². The molecule has 2 heterocycles. The van der Waals surface area contributed by atoms with E-state index in [4.69, 9.17) is 9.84 Å². The maximum absolute atomic E-state index is 13.3. The van der Waals surface area contributed by atoms with Crippen LogP contribution in [-0.4, -0.2) is 41.6 Å². The third-order valence-electron chi connectivity index (χ3n) is 4.20. The summed E-state index contributed by atoms with van der Waals surface area (Å²) in [6.07, 6.45) is -0.300. The van der Waals surface area contributed by atoms with Crippen LogP contribution in [0, 0.1) is 0 Å². The monoisotopic (exact) mass is 367 g/mol. The highest BCUT2D eigenvalue weighted by Crippen LogP contribution is 2.33. The van der Waals surface area contributed by atoms with Crippen molar-refractivity contribution >= 4 is 17.3 Å². The molecule has 134 valence electrons. The second kappa shape index (κ2) is 7.49. The largest absolute Gasteiger partial charge is 0.482 e. The van der Waals surface area contributed by atoms with Gasteiger partial charge in [-0.25, -0.2) is 13.6 Å². The molecule has 0 aliphatic carbocycles. The summed E-state index contributed by atoms with van der Waals surface area (Å²) in [6, 6.07) is 9.56. The molecule has 3 rings (SSSR count). The number of alkyl halides is 2. The van der Waals surface area contributed by atoms with Crippen molar-refractivity contribution in [1.29, 1.82) is 0 Å². The number of thiophene rings is 1. The number of hydrogen-bond acceptors (Lipinski definition) is 4. The number of rotatable bonds is 6.